The zero-order valence-corrected chi connectivity index (χ0v) is 20.5. The molecular formula is C18H28Br2N4O4S. The minimum atomic E-state index is -3.75. The molecule has 1 aromatic heterocycles. The molecule has 0 spiro atoms. The molecule has 11 heteroatoms. The van der Waals surface area contributed by atoms with Gasteiger partial charge in [0, 0.05) is 20.0 Å². The summed E-state index contributed by atoms with van der Waals surface area (Å²) >= 11 is 0. The molecule has 1 aliphatic heterocycles. The van der Waals surface area contributed by atoms with Gasteiger partial charge in [-0.3, -0.25) is 4.79 Å². The van der Waals surface area contributed by atoms with Gasteiger partial charge in [-0.1, -0.05) is 0 Å². The van der Waals surface area contributed by atoms with Crippen LogP contribution in [0.2, 0.25) is 0 Å². The third kappa shape index (κ3) is 6.74. The average molecular weight is 556 g/mol. The van der Waals surface area contributed by atoms with Gasteiger partial charge in [-0.15, -0.1) is 34.0 Å². The Morgan fingerprint density at radius 2 is 2.00 bits per heavy atom. The molecule has 3 N–H and O–H groups in total. The van der Waals surface area contributed by atoms with Gasteiger partial charge in [0.05, 0.1) is 22.3 Å². The normalized spacial score (nSPS) is 14.9. The second-order valence-corrected chi connectivity index (χ2v) is 8.78. The molecule has 0 bridgehead atoms. The van der Waals surface area contributed by atoms with Crippen LogP contribution in [0.25, 0.3) is 11.0 Å². The van der Waals surface area contributed by atoms with Crippen LogP contribution in [0.4, 0.5) is 0 Å². The predicted molar refractivity (Wildman–Crippen MR) is 123 cm³/mol. The SMILES string of the molecule is Br.Br.Cn1c(CCC2CCNCC2)nc2cc(S(=O)(=O)NCCC(=O)O)ccc21. The Morgan fingerprint density at radius 3 is 2.66 bits per heavy atom. The molecule has 1 aliphatic rings. The fourth-order valence-electron chi connectivity index (χ4n) is 3.50. The quantitative estimate of drug-likeness (QED) is 0.461. The van der Waals surface area contributed by atoms with E-state index in [-0.39, 0.29) is 51.8 Å². The molecule has 29 heavy (non-hydrogen) atoms. The molecule has 0 aliphatic carbocycles. The molecule has 1 saturated heterocycles. The van der Waals surface area contributed by atoms with E-state index in [0.29, 0.717) is 11.4 Å². The molecule has 2 aromatic rings. The van der Waals surface area contributed by atoms with Crippen molar-refractivity contribution in [3.63, 3.8) is 0 Å². The zero-order chi connectivity index (χ0) is 19.4. The Bertz CT molecular complexity index is 927. The number of sulfonamides is 1. The maximum atomic E-state index is 12.3. The lowest BCUT2D eigenvalue weighted by Crippen LogP contribution is -2.28. The highest BCUT2D eigenvalue weighted by molar-refractivity contribution is 8.93. The Hall–Kier alpha value is -1.01. The number of aromatic nitrogens is 2. The third-order valence-corrected chi connectivity index (χ3v) is 6.58. The van der Waals surface area contributed by atoms with E-state index in [0.717, 1.165) is 37.3 Å². The predicted octanol–water partition coefficient (Wildman–Crippen LogP) is 2.41. The first kappa shape index (κ1) is 26.0. The van der Waals surface area contributed by atoms with Crippen molar-refractivity contribution in [1.82, 2.24) is 19.6 Å². The van der Waals surface area contributed by atoms with Gasteiger partial charge >= 0.3 is 5.97 Å². The van der Waals surface area contributed by atoms with Crippen molar-refractivity contribution in [2.45, 2.75) is 37.0 Å². The zero-order valence-electron chi connectivity index (χ0n) is 16.3. The first-order valence-electron chi connectivity index (χ1n) is 9.24. The molecule has 0 saturated carbocycles. The maximum absolute atomic E-state index is 12.3. The lowest BCUT2D eigenvalue weighted by molar-refractivity contribution is -0.136. The van der Waals surface area contributed by atoms with Crippen molar-refractivity contribution >= 4 is 61.0 Å². The highest BCUT2D eigenvalue weighted by Gasteiger charge is 2.18. The smallest absolute Gasteiger partial charge is 0.304 e. The van der Waals surface area contributed by atoms with E-state index < -0.39 is 16.0 Å². The number of benzene rings is 1. The van der Waals surface area contributed by atoms with Gasteiger partial charge in [0.25, 0.3) is 0 Å². The van der Waals surface area contributed by atoms with Crippen molar-refractivity contribution in [3.05, 3.63) is 24.0 Å². The lowest BCUT2D eigenvalue weighted by Gasteiger charge is -2.22. The monoisotopic (exact) mass is 554 g/mol. The number of piperidine rings is 1. The second kappa shape index (κ2) is 11.4. The standard InChI is InChI=1S/C18H26N4O4S.2BrH/c1-22-16-4-3-14(27(25,26)20-11-8-18(23)24)12-15(16)21-17(22)5-2-13-6-9-19-10-7-13;;/h3-4,12-13,19-20H,2,5-11H2,1H3,(H,23,24);2*1H. The van der Waals surface area contributed by atoms with Crippen molar-refractivity contribution in [1.29, 1.82) is 0 Å². The summed E-state index contributed by atoms with van der Waals surface area (Å²) in [7, 11) is -1.80. The van der Waals surface area contributed by atoms with Gasteiger partial charge < -0.3 is 15.0 Å². The van der Waals surface area contributed by atoms with Crippen molar-refractivity contribution in [3.8, 4) is 0 Å². The van der Waals surface area contributed by atoms with Crippen LogP contribution in [0.3, 0.4) is 0 Å². The number of imidazole rings is 1. The summed E-state index contributed by atoms with van der Waals surface area (Å²) in [5, 5.41) is 12.0. The van der Waals surface area contributed by atoms with Crippen molar-refractivity contribution in [2.75, 3.05) is 19.6 Å². The molecule has 164 valence electrons. The highest BCUT2D eigenvalue weighted by Crippen LogP contribution is 2.23. The number of aryl methyl sites for hydroxylation is 2. The molecule has 8 nitrogen and oxygen atoms in total. The summed E-state index contributed by atoms with van der Waals surface area (Å²) in [6.07, 6.45) is 4.07. The Morgan fingerprint density at radius 1 is 1.31 bits per heavy atom. The van der Waals surface area contributed by atoms with Crippen LogP contribution in [0.15, 0.2) is 23.1 Å². The van der Waals surface area contributed by atoms with Gasteiger partial charge in [-0.25, -0.2) is 18.1 Å². The largest absolute Gasteiger partial charge is 0.481 e. The fraction of sp³-hybridized carbons (Fsp3) is 0.556. The molecule has 0 unspecified atom stereocenters. The molecular weight excluding hydrogens is 528 g/mol. The van der Waals surface area contributed by atoms with Gasteiger partial charge in [0.15, 0.2) is 0 Å². The number of hydrogen-bond donors (Lipinski definition) is 3. The van der Waals surface area contributed by atoms with E-state index in [1.165, 1.54) is 18.9 Å². The van der Waals surface area contributed by atoms with Crippen LogP contribution in [-0.2, 0) is 28.3 Å². The fourth-order valence-corrected chi connectivity index (χ4v) is 4.55. The number of aliphatic carboxylic acids is 1. The number of rotatable bonds is 8. The highest BCUT2D eigenvalue weighted by atomic mass is 79.9. The summed E-state index contributed by atoms with van der Waals surface area (Å²) in [6, 6.07) is 4.83. The van der Waals surface area contributed by atoms with Crippen molar-refractivity contribution < 1.29 is 18.3 Å². The summed E-state index contributed by atoms with van der Waals surface area (Å²) in [5.74, 6) is 0.619. The van der Waals surface area contributed by atoms with E-state index in [9.17, 15) is 13.2 Å². The van der Waals surface area contributed by atoms with Gasteiger partial charge in [0.1, 0.15) is 5.82 Å². The van der Waals surface area contributed by atoms with E-state index in [1.54, 1.807) is 12.1 Å². The topological polar surface area (TPSA) is 113 Å². The summed E-state index contributed by atoms with van der Waals surface area (Å²) in [5.41, 5.74) is 1.53. The Balaban J connectivity index is 0.00000210. The molecule has 1 aromatic carbocycles. The Labute approximate surface area is 192 Å². The number of carboxylic acid groups (broad SMARTS) is 1. The van der Waals surface area contributed by atoms with Gasteiger partial charge in [-0.2, -0.15) is 0 Å². The minimum Gasteiger partial charge on any atom is -0.481 e. The van der Waals surface area contributed by atoms with Crippen LogP contribution in [-0.4, -0.2) is 48.7 Å². The van der Waals surface area contributed by atoms with E-state index in [1.807, 2.05) is 11.6 Å². The summed E-state index contributed by atoms with van der Waals surface area (Å²) in [6.45, 7) is 2.01. The van der Waals surface area contributed by atoms with E-state index in [2.05, 4.69) is 15.0 Å². The first-order chi connectivity index (χ1) is 12.9. The second-order valence-electron chi connectivity index (χ2n) is 7.01. The minimum absolute atomic E-state index is 0. The van der Waals surface area contributed by atoms with Crippen LogP contribution in [0.5, 0.6) is 0 Å². The van der Waals surface area contributed by atoms with Crippen molar-refractivity contribution in [2.24, 2.45) is 13.0 Å². The Kier molecular flexibility index (Phi) is 10.2. The number of carboxylic acids is 1. The number of fused-ring (bicyclic) bond motifs is 1. The van der Waals surface area contributed by atoms with Crippen LogP contribution >= 0.6 is 34.0 Å². The van der Waals surface area contributed by atoms with Gasteiger partial charge in [-0.05, 0) is 56.5 Å². The molecule has 0 atom stereocenters. The molecule has 0 amide bonds. The number of carbonyl (C=O) groups is 1. The average Bonchev–Trinajstić information content (AvgIpc) is 2.96. The van der Waals surface area contributed by atoms with Crippen LogP contribution in [0, 0.1) is 5.92 Å². The van der Waals surface area contributed by atoms with Gasteiger partial charge in [0.2, 0.25) is 10.0 Å². The van der Waals surface area contributed by atoms with Crippen LogP contribution < -0.4 is 10.0 Å². The maximum Gasteiger partial charge on any atom is 0.304 e. The first-order valence-corrected chi connectivity index (χ1v) is 10.7. The lowest BCUT2D eigenvalue weighted by atomic mass is 9.93. The van der Waals surface area contributed by atoms with E-state index in [4.69, 9.17) is 5.11 Å². The number of halogens is 2. The molecule has 1 fully saturated rings. The number of nitrogens with one attached hydrogen (secondary N) is 2. The number of nitrogens with zero attached hydrogens (tertiary/aromatic N) is 2. The van der Waals surface area contributed by atoms with E-state index >= 15 is 0 Å². The number of hydrogen-bond acceptors (Lipinski definition) is 5. The van der Waals surface area contributed by atoms with Crippen LogP contribution in [0.1, 0.15) is 31.5 Å². The summed E-state index contributed by atoms with van der Waals surface area (Å²) in [4.78, 5) is 15.3. The molecule has 3 rings (SSSR count). The summed E-state index contributed by atoms with van der Waals surface area (Å²) < 4.78 is 29.0. The molecule has 0 radical (unpaired) electrons. The molecule has 2 heterocycles. The third-order valence-electron chi connectivity index (χ3n) is 5.12.